The number of nitrogens with zero attached hydrogens (tertiary/aromatic N) is 2. The van der Waals surface area contributed by atoms with Crippen molar-refractivity contribution in [2.24, 2.45) is 0 Å². The summed E-state index contributed by atoms with van der Waals surface area (Å²) in [4.78, 5) is 0. The fourth-order valence-electron chi connectivity index (χ4n) is 0.335. The number of nitrogens with one attached hydrogen (secondary N) is 1. The topological polar surface area (TPSA) is 39.1 Å². The zero-order valence-electron chi connectivity index (χ0n) is 5.31. The molecule has 0 unspecified atom stereocenters. The summed E-state index contributed by atoms with van der Waals surface area (Å²) >= 11 is 0. The second kappa shape index (κ2) is 4.57. The first-order valence-corrected chi connectivity index (χ1v) is 2.55. The van der Waals surface area contributed by atoms with E-state index in [0.717, 1.165) is 6.54 Å². The van der Waals surface area contributed by atoms with Crippen molar-refractivity contribution in [3.05, 3.63) is 0 Å². The molecule has 0 heterocycles. The van der Waals surface area contributed by atoms with Gasteiger partial charge in [0, 0.05) is 27.1 Å². The Morgan fingerprint density at radius 3 is 2.62 bits per heavy atom. The van der Waals surface area contributed by atoms with Gasteiger partial charge in [-0.2, -0.15) is 5.26 Å². The van der Waals surface area contributed by atoms with Gasteiger partial charge in [0.05, 0.1) is 6.07 Å². The SMILES string of the molecule is CN(C)NCCC#N. The fraction of sp³-hybridized carbons (Fsp3) is 0.800. The number of hydrogen-bond donors (Lipinski definition) is 1. The molecule has 0 amide bonds. The summed E-state index contributed by atoms with van der Waals surface area (Å²) in [5.41, 5.74) is 2.96. The third-order valence-corrected chi connectivity index (χ3v) is 0.665. The Bertz CT molecular complexity index is 82.2. The predicted molar refractivity (Wildman–Crippen MR) is 31.9 cm³/mol. The summed E-state index contributed by atoms with van der Waals surface area (Å²) in [5, 5.41) is 9.90. The molecule has 0 aliphatic heterocycles. The number of rotatable bonds is 3. The molecule has 3 nitrogen and oxygen atoms in total. The first kappa shape index (κ1) is 7.41. The lowest BCUT2D eigenvalue weighted by molar-refractivity contribution is 0.294. The number of nitriles is 1. The van der Waals surface area contributed by atoms with Crippen molar-refractivity contribution in [3.63, 3.8) is 0 Å². The van der Waals surface area contributed by atoms with Gasteiger partial charge in [0.25, 0.3) is 0 Å². The van der Waals surface area contributed by atoms with Gasteiger partial charge in [-0.25, -0.2) is 0 Å². The van der Waals surface area contributed by atoms with Gasteiger partial charge in [0.2, 0.25) is 0 Å². The van der Waals surface area contributed by atoms with Crippen LogP contribution in [0.15, 0.2) is 0 Å². The summed E-state index contributed by atoms with van der Waals surface area (Å²) in [7, 11) is 3.80. The molecule has 0 spiro atoms. The van der Waals surface area contributed by atoms with Crippen molar-refractivity contribution in [1.29, 1.82) is 5.26 Å². The summed E-state index contributed by atoms with van der Waals surface area (Å²) < 4.78 is 0. The van der Waals surface area contributed by atoms with Crippen LogP contribution in [0.1, 0.15) is 6.42 Å². The number of hydrazine groups is 1. The average Bonchev–Trinajstić information content (AvgIpc) is 1.66. The van der Waals surface area contributed by atoms with E-state index < -0.39 is 0 Å². The van der Waals surface area contributed by atoms with Crippen LogP contribution in [0.25, 0.3) is 0 Å². The van der Waals surface area contributed by atoms with Gasteiger partial charge in [-0.15, -0.1) is 0 Å². The Kier molecular flexibility index (Phi) is 4.23. The minimum Gasteiger partial charge on any atom is -0.255 e. The molecular formula is C5H11N3. The molecule has 0 fully saturated rings. The van der Waals surface area contributed by atoms with Gasteiger partial charge in [-0.3, -0.25) is 10.4 Å². The van der Waals surface area contributed by atoms with Crippen molar-refractivity contribution in [1.82, 2.24) is 10.4 Å². The van der Waals surface area contributed by atoms with Crippen LogP contribution in [0.4, 0.5) is 0 Å². The van der Waals surface area contributed by atoms with Gasteiger partial charge >= 0.3 is 0 Å². The van der Waals surface area contributed by atoms with Crippen molar-refractivity contribution in [3.8, 4) is 6.07 Å². The molecule has 0 bridgehead atoms. The molecular weight excluding hydrogens is 102 g/mol. The highest BCUT2D eigenvalue weighted by atomic mass is 15.5. The van der Waals surface area contributed by atoms with Crippen LogP contribution in [0, 0.1) is 11.3 Å². The van der Waals surface area contributed by atoms with E-state index in [2.05, 4.69) is 5.43 Å². The van der Waals surface area contributed by atoms with E-state index in [-0.39, 0.29) is 0 Å². The molecule has 1 N–H and O–H groups in total. The summed E-state index contributed by atoms with van der Waals surface area (Å²) in [6.07, 6.45) is 0.568. The monoisotopic (exact) mass is 113 g/mol. The fourth-order valence-corrected chi connectivity index (χ4v) is 0.335. The molecule has 0 aliphatic rings. The maximum Gasteiger partial charge on any atom is 0.0635 e. The minimum atomic E-state index is 0.568. The third kappa shape index (κ3) is 5.41. The van der Waals surface area contributed by atoms with Gasteiger partial charge in [0.1, 0.15) is 0 Å². The average molecular weight is 113 g/mol. The Hall–Kier alpha value is -0.590. The van der Waals surface area contributed by atoms with Crippen LogP contribution in [0.2, 0.25) is 0 Å². The molecule has 0 aromatic carbocycles. The number of hydrogen-bond acceptors (Lipinski definition) is 3. The smallest absolute Gasteiger partial charge is 0.0635 e. The van der Waals surface area contributed by atoms with Crippen LogP contribution in [0.3, 0.4) is 0 Å². The normalized spacial score (nSPS) is 9.25. The maximum absolute atomic E-state index is 8.07. The molecule has 46 valence electrons. The predicted octanol–water partition coefficient (Wildman–Crippen LogP) is -0.0337. The lowest BCUT2D eigenvalue weighted by Crippen LogP contribution is -2.30. The second-order valence-corrected chi connectivity index (χ2v) is 1.71. The lowest BCUT2D eigenvalue weighted by atomic mass is 10.5. The van der Waals surface area contributed by atoms with Crippen molar-refractivity contribution < 1.29 is 0 Å². The molecule has 0 aliphatic carbocycles. The molecule has 0 rings (SSSR count). The quantitative estimate of drug-likeness (QED) is 0.412. The molecule has 0 atom stereocenters. The molecule has 0 aromatic rings. The van der Waals surface area contributed by atoms with Crippen LogP contribution >= 0.6 is 0 Å². The summed E-state index contributed by atoms with van der Waals surface area (Å²) in [6, 6.07) is 2.03. The molecule has 0 aromatic heterocycles. The molecule has 8 heavy (non-hydrogen) atoms. The van der Waals surface area contributed by atoms with E-state index in [4.69, 9.17) is 5.26 Å². The van der Waals surface area contributed by atoms with E-state index in [0.29, 0.717) is 6.42 Å². The van der Waals surface area contributed by atoms with E-state index in [9.17, 15) is 0 Å². The lowest BCUT2D eigenvalue weighted by Gasteiger charge is -2.08. The van der Waals surface area contributed by atoms with Gasteiger partial charge in [-0.1, -0.05) is 0 Å². The molecule has 0 saturated heterocycles. The molecule has 0 saturated carbocycles. The Morgan fingerprint density at radius 1 is 1.62 bits per heavy atom. The zero-order valence-corrected chi connectivity index (χ0v) is 5.31. The van der Waals surface area contributed by atoms with Crippen molar-refractivity contribution in [2.75, 3.05) is 20.6 Å². The van der Waals surface area contributed by atoms with Crippen LogP contribution < -0.4 is 5.43 Å². The Morgan fingerprint density at radius 2 is 2.25 bits per heavy atom. The van der Waals surface area contributed by atoms with Gasteiger partial charge < -0.3 is 0 Å². The van der Waals surface area contributed by atoms with Gasteiger partial charge in [0.15, 0.2) is 0 Å². The first-order chi connectivity index (χ1) is 3.77. The Labute approximate surface area is 49.9 Å². The Balaban J connectivity index is 2.85. The van der Waals surface area contributed by atoms with E-state index >= 15 is 0 Å². The van der Waals surface area contributed by atoms with E-state index in [1.165, 1.54) is 0 Å². The highest BCUT2D eigenvalue weighted by Gasteiger charge is 1.83. The maximum atomic E-state index is 8.07. The van der Waals surface area contributed by atoms with Crippen molar-refractivity contribution >= 4 is 0 Å². The van der Waals surface area contributed by atoms with Crippen LogP contribution in [-0.4, -0.2) is 25.6 Å². The van der Waals surface area contributed by atoms with Crippen molar-refractivity contribution in [2.45, 2.75) is 6.42 Å². The minimum absolute atomic E-state index is 0.568. The van der Waals surface area contributed by atoms with Gasteiger partial charge in [-0.05, 0) is 0 Å². The summed E-state index contributed by atoms with van der Waals surface area (Å²) in [6.45, 7) is 0.740. The standard InChI is InChI=1S/C5H11N3/c1-8(2)7-5-3-4-6/h7H,3,5H2,1-2H3. The van der Waals surface area contributed by atoms with Crippen LogP contribution in [0.5, 0.6) is 0 Å². The highest BCUT2D eigenvalue weighted by molar-refractivity contribution is 4.68. The van der Waals surface area contributed by atoms with E-state index in [1.54, 1.807) is 0 Å². The summed E-state index contributed by atoms with van der Waals surface area (Å²) in [5.74, 6) is 0. The molecule has 3 heteroatoms. The zero-order chi connectivity index (χ0) is 6.41. The first-order valence-electron chi connectivity index (χ1n) is 2.55. The largest absolute Gasteiger partial charge is 0.255 e. The van der Waals surface area contributed by atoms with Crippen LogP contribution in [-0.2, 0) is 0 Å². The molecule has 0 radical (unpaired) electrons. The third-order valence-electron chi connectivity index (χ3n) is 0.665. The van der Waals surface area contributed by atoms with E-state index in [1.807, 2.05) is 25.2 Å². The highest BCUT2D eigenvalue weighted by Crippen LogP contribution is 1.69. The second-order valence-electron chi connectivity index (χ2n) is 1.71.